The van der Waals surface area contributed by atoms with Gasteiger partial charge < -0.3 is 19.7 Å². The maximum absolute atomic E-state index is 12.5. The SMILES string of the molecule is CCOC(=O)CCN(C(=O)Nc1ccc(OCC)cc1)C(C)CC. The van der Waals surface area contributed by atoms with Gasteiger partial charge in [-0.15, -0.1) is 0 Å². The molecule has 0 spiro atoms. The smallest absolute Gasteiger partial charge is 0.322 e. The van der Waals surface area contributed by atoms with E-state index in [-0.39, 0.29) is 24.5 Å². The van der Waals surface area contributed by atoms with Crippen molar-refractivity contribution in [2.45, 2.75) is 46.6 Å². The Morgan fingerprint density at radius 1 is 1.12 bits per heavy atom. The lowest BCUT2D eigenvalue weighted by Gasteiger charge is -2.28. The minimum Gasteiger partial charge on any atom is -0.494 e. The van der Waals surface area contributed by atoms with E-state index in [1.807, 2.05) is 32.9 Å². The predicted octanol–water partition coefficient (Wildman–Crippen LogP) is 3.67. The molecule has 1 atom stereocenters. The summed E-state index contributed by atoms with van der Waals surface area (Å²) in [6.45, 7) is 8.93. The van der Waals surface area contributed by atoms with Crippen LogP contribution >= 0.6 is 0 Å². The van der Waals surface area contributed by atoms with E-state index < -0.39 is 0 Å². The van der Waals surface area contributed by atoms with Crippen LogP contribution in [-0.2, 0) is 9.53 Å². The fraction of sp³-hybridized carbons (Fsp3) is 0.556. The molecule has 1 aromatic carbocycles. The van der Waals surface area contributed by atoms with Crippen LogP contribution in [-0.4, -0.2) is 42.7 Å². The van der Waals surface area contributed by atoms with Gasteiger partial charge in [0.15, 0.2) is 0 Å². The Bertz CT molecular complexity index is 516. The van der Waals surface area contributed by atoms with E-state index in [1.165, 1.54) is 0 Å². The van der Waals surface area contributed by atoms with Crippen molar-refractivity contribution in [2.75, 3.05) is 25.1 Å². The summed E-state index contributed by atoms with van der Waals surface area (Å²) >= 11 is 0. The molecule has 0 fully saturated rings. The van der Waals surface area contributed by atoms with Gasteiger partial charge in [0.25, 0.3) is 0 Å². The minimum absolute atomic E-state index is 0.0297. The number of benzene rings is 1. The van der Waals surface area contributed by atoms with Crippen molar-refractivity contribution in [3.63, 3.8) is 0 Å². The lowest BCUT2D eigenvalue weighted by Crippen LogP contribution is -2.42. The Morgan fingerprint density at radius 3 is 2.33 bits per heavy atom. The monoisotopic (exact) mass is 336 g/mol. The average molecular weight is 336 g/mol. The zero-order chi connectivity index (χ0) is 17.9. The second-order valence-corrected chi connectivity index (χ2v) is 5.39. The van der Waals surface area contributed by atoms with Gasteiger partial charge in [0, 0.05) is 18.3 Å². The molecule has 0 radical (unpaired) electrons. The number of hydrogen-bond donors (Lipinski definition) is 1. The van der Waals surface area contributed by atoms with Crippen molar-refractivity contribution in [1.82, 2.24) is 4.90 Å². The molecule has 6 heteroatoms. The lowest BCUT2D eigenvalue weighted by atomic mass is 10.2. The van der Waals surface area contributed by atoms with Crippen LogP contribution < -0.4 is 10.1 Å². The van der Waals surface area contributed by atoms with Crippen LogP contribution in [0.25, 0.3) is 0 Å². The number of hydrogen-bond acceptors (Lipinski definition) is 4. The number of esters is 1. The van der Waals surface area contributed by atoms with Crippen LogP contribution in [0, 0.1) is 0 Å². The van der Waals surface area contributed by atoms with Crippen LogP contribution in [0.15, 0.2) is 24.3 Å². The number of urea groups is 1. The summed E-state index contributed by atoms with van der Waals surface area (Å²) in [7, 11) is 0. The van der Waals surface area contributed by atoms with Gasteiger partial charge >= 0.3 is 12.0 Å². The van der Waals surface area contributed by atoms with E-state index in [1.54, 1.807) is 24.0 Å². The fourth-order valence-corrected chi connectivity index (χ4v) is 2.18. The third-order valence-electron chi connectivity index (χ3n) is 3.66. The molecule has 0 aliphatic rings. The molecule has 1 rings (SSSR count). The lowest BCUT2D eigenvalue weighted by molar-refractivity contribution is -0.143. The first-order valence-electron chi connectivity index (χ1n) is 8.47. The first-order chi connectivity index (χ1) is 11.5. The van der Waals surface area contributed by atoms with Crippen molar-refractivity contribution in [3.8, 4) is 5.75 Å². The van der Waals surface area contributed by atoms with E-state index >= 15 is 0 Å². The highest BCUT2D eigenvalue weighted by Crippen LogP contribution is 2.17. The molecule has 0 aliphatic heterocycles. The Kier molecular flexibility index (Phi) is 8.68. The standard InChI is InChI=1S/C18H28N2O4/c1-5-14(4)20(13-12-17(21)24-7-3)18(22)19-15-8-10-16(11-9-15)23-6-2/h8-11,14H,5-7,12-13H2,1-4H3,(H,19,22). The number of amides is 2. The number of carbonyl (C=O) groups excluding carboxylic acids is 2. The summed E-state index contributed by atoms with van der Waals surface area (Å²) in [5, 5.41) is 2.86. The molecule has 0 saturated carbocycles. The number of nitrogens with one attached hydrogen (secondary N) is 1. The molecular formula is C18H28N2O4. The predicted molar refractivity (Wildman–Crippen MR) is 94.3 cm³/mol. The molecule has 0 aliphatic carbocycles. The average Bonchev–Trinajstić information content (AvgIpc) is 2.57. The van der Waals surface area contributed by atoms with Gasteiger partial charge in [-0.1, -0.05) is 6.92 Å². The van der Waals surface area contributed by atoms with E-state index in [2.05, 4.69) is 5.32 Å². The zero-order valence-corrected chi connectivity index (χ0v) is 15.0. The Morgan fingerprint density at radius 2 is 1.79 bits per heavy atom. The molecule has 0 heterocycles. The van der Waals surface area contributed by atoms with Crippen LogP contribution in [0.3, 0.4) is 0 Å². The largest absolute Gasteiger partial charge is 0.494 e. The second-order valence-electron chi connectivity index (χ2n) is 5.39. The third kappa shape index (κ3) is 6.48. The van der Waals surface area contributed by atoms with E-state index in [0.29, 0.717) is 25.4 Å². The molecule has 1 N–H and O–H groups in total. The van der Waals surface area contributed by atoms with Crippen LogP contribution in [0.5, 0.6) is 5.75 Å². The quantitative estimate of drug-likeness (QED) is 0.699. The molecule has 24 heavy (non-hydrogen) atoms. The topological polar surface area (TPSA) is 67.9 Å². The third-order valence-corrected chi connectivity index (χ3v) is 3.66. The maximum Gasteiger partial charge on any atom is 0.322 e. The van der Waals surface area contributed by atoms with Gasteiger partial charge in [0.1, 0.15) is 5.75 Å². The number of anilines is 1. The summed E-state index contributed by atoms with van der Waals surface area (Å²) in [5.41, 5.74) is 0.688. The number of rotatable bonds is 9. The summed E-state index contributed by atoms with van der Waals surface area (Å²) in [6, 6.07) is 7.02. The summed E-state index contributed by atoms with van der Waals surface area (Å²) < 4.78 is 10.3. The van der Waals surface area contributed by atoms with Gasteiger partial charge in [-0.2, -0.15) is 0 Å². The Hall–Kier alpha value is -2.24. The molecule has 2 amide bonds. The molecule has 6 nitrogen and oxygen atoms in total. The summed E-state index contributed by atoms with van der Waals surface area (Å²) in [5.74, 6) is 0.469. The van der Waals surface area contributed by atoms with Gasteiger partial charge in [0.2, 0.25) is 0 Å². The summed E-state index contributed by atoms with van der Waals surface area (Å²) in [4.78, 5) is 25.7. The zero-order valence-electron chi connectivity index (χ0n) is 15.0. The highest BCUT2D eigenvalue weighted by molar-refractivity contribution is 5.89. The molecule has 0 saturated heterocycles. The number of ether oxygens (including phenoxy) is 2. The number of carbonyl (C=O) groups is 2. The van der Waals surface area contributed by atoms with Crippen molar-refractivity contribution >= 4 is 17.7 Å². The highest BCUT2D eigenvalue weighted by atomic mass is 16.5. The molecule has 1 unspecified atom stereocenters. The normalized spacial score (nSPS) is 11.5. The molecule has 134 valence electrons. The summed E-state index contributed by atoms with van der Waals surface area (Å²) in [6.07, 6.45) is 0.994. The Labute approximate surface area is 144 Å². The van der Waals surface area contributed by atoms with Gasteiger partial charge in [-0.3, -0.25) is 4.79 Å². The van der Waals surface area contributed by atoms with E-state index in [4.69, 9.17) is 9.47 Å². The van der Waals surface area contributed by atoms with Gasteiger partial charge in [-0.05, 0) is 51.5 Å². The van der Waals surface area contributed by atoms with Gasteiger partial charge in [0.05, 0.1) is 19.6 Å². The molecular weight excluding hydrogens is 308 g/mol. The minimum atomic E-state index is -0.292. The first-order valence-corrected chi connectivity index (χ1v) is 8.47. The first kappa shape index (κ1) is 19.8. The van der Waals surface area contributed by atoms with Crippen molar-refractivity contribution in [1.29, 1.82) is 0 Å². The Balaban J connectivity index is 2.67. The molecule has 0 bridgehead atoms. The molecule has 0 aromatic heterocycles. The second kappa shape index (κ2) is 10.5. The van der Waals surface area contributed by atoms with Crippen molar-refractivity contribution < 1.29 is 19.1 Å². The van der Waals surface area contributed by atoms with Crippen LogP contribution in [0.4, 0.5) is 10.5 Å². The fourth-order valence-electron chi connectivity index (χ4n) is 2.18. The van der Waals surface area contributed by atoms with E-state index in [9.17, 15) is 9.59 Å². The van der Waals surface area contributed by atoms with E-state index in [0.717, 1.165) is 12.2 Å². The van der Waals surface area contributed by atoms with Gasteiger partial charge in [-0.25, -0.2) is 4.79 Å². The highest BCUT2D eigenvalue weighted by Gasteiger charge is 2.20. The molecule has 1 aromatic rings. The maximum atomic E-state index is 12.5. The van der Waals surface area contributed by atoms with Crippen LogP contribution in [0.1, 0.15) is 40.5 Å². The number of nitrogens with zero attached hydrogens (tertiary/aromatic N) is 1. The van der Waals surface area contributed by atoms with Crippen LogP contribution in [0.2, 0.25) is 0 Å². The van der Waals surface area contributed by atoms with Crippen molar-refractivity contribution in [2.24, 2.45) is 0 Å². The van der Waals surface area contributed by atoms with Crippen molar-refractivity contribution in [3.05, 3.63) is 24.3 Å².